The predicted molar refractivity (Wildman–Crippen MR) is 59.7 cm³/mol. The highest BCUT2D eigenvalue weighted by molar-refractivity contribution is 5.81. The van der Waals surface area contributed by atoms with E-state index in [1.54, 1.807) is 11.8 Å². The Morgan fingerprint density at radius 2 is 2.19 bits per heavy atom. The van der Waals surface area contributed by atoms with Crippen LogP contribution in [0.3, 0.4) is 0 Å². The van der Waals surface area contributed by atoms with E-state index in [1.807, 2.05) is 0 Å². The summed E-state index contributed by atoms with van der Waals surface area (Å²) in [6, 6.07) is 0.0836. The van der Waals surface area contributed by atoms with Crippen molar-refractivity contribution < 1.29 is 14.3 Å². The minimum Gasteiger partial charge on any atom is -0.466 e. The van der Waals surface area contributed by atoms with Crippen molar-refractivity contribution in [2.45, 2.75) is 38.6 Å². The van der Waals surface area contributed by atoms with Gasteiger partial charge in [0.15, 0.2) is 0 Å². The number of amides is 1. The zero-order valence-corrected chi connectivity index (χ0v) is 9.78. The lowest BCUT2D eigenvalue weighted by Gasteiger charge is -2.30. The van der Waals surface area contributed by atoms with Gasteiger partial charge in [0.2, 0.25) is 5.91 Å². The Kier molecular flexibility index (Phi) is 5.25. The topological polar surface area (TPSA) is 72.6 Å². The molecule has 1 amide bonds. The van der Waals surface area contributed by atoms with E-state index < -0.39 is 0 Å². The maximum absolute atomic E-state index is 11.7. The van der Waals surface area contributed by atoms with Crippen LogP contribution in [0.2, 0.25) is 0 Å². The first kappa shape index (κ1) is 13.0. The van der Waals surface area contributed by atoms with Gasteiger partial charge in [-0.1, -0.05) is 0 Å². The summed E-state index contributed by atoms with van der Waals surface area (Å²) < 4.78 is 4.77. The number of esters is 1. The number of nitrogens with zero attached hydrogens (tertiary/aromatic N) is 1. The van der Waals surface area contributed by atoms with E-state index in [-0.39, 0.29) is 30.8 Å². The summed E-state index contributed by atoms with van der Waals surface area (Å²) in [5, 5.41) is 0. The molecule has 92 valence electrons. The lowest BCUT2D eigenvalue weighted by Crippen LogP contribution is -2.45. The van der Waals surface area contributed by atoms with Gasteiger partial charge in [0, 0.05) is 25.6 Å². The number of carbonyl (C=O) groups excluding carboxylic acids is 2. The maximum atomic E-state index is 11.7. The summed E-state index contributed by atoms with van der Waals surface area (Å²) in [4.78, 5) is 24.5. The van der Waals surface area contributed by atoms with Crippen molar-refractivity contribution in [2.24, 2.45) is 5.73 Å². The molecule has 0 radical (unpaired) electrons. The molecule has 0 spiro atoms. The summed E-state index contributed by atoms with van der Waals surface area (Å²) in [6.07, 6.45) is 2.32. The van der Waals surface area contributed by atoms with Gasteiger partial charge < -0.3 is 15.4 Å². The smallest absolute Gasteiger partial charge is 0.306 e. The van der Waals surface area contributed by atoms with E-state index in [4.69, 9.17) is 10.5 Å². The molecule has 5 nitrogen and oxygen atoms in total. The third-order valence-electron chi connectivity index (χ3n) is 2.66. The number of likely N-dealkylation sites (tertiary alicyclic amines) is 1. The number of hydrogen-bond acceptors (Lipinski definition) is 4. The third kappa shape index (κ3) is 4.18. The Hall–Kier alpha value is -1.10. The quantitative estimate of drug-likeness (QED) is 0.701. The molecule has 1 fully saturated rings. The highest BCUT2D eigenvalue weighted by Crippen LogP contribution is 2.10. The Labute approximate surface area is 95.9 Å². The van der Waals surface area contributed by atoms with Crippen molar-refractivity contribution in [2.75, 3.05) is 19.7 Å². The number of rotatable bonds is 4. The lowest BCUT2D eigenvalue weighted by atomic mass is 10.1. The van der Waals surface area contributed by atoms with Crippen LogP contribution in [0.25, 0.3) is 0 Å². The van der Waals surface area contributed by atoms with E-state index in [2.05, 4.69) is 0 Å². The lowest BCUT2D eigenvalue weighted by molar-refractivity contribution is -0.145. The minimum atomic E-state index is -0.308. The molecule has 1 saturated heterocycles. The maximum Gasteiger partial charge on any atom is 0.306 e. The van der Waals surface area contributed by atoms with Crippen molar-refractivity contribution in [1.82, 2.24) is 4.90 Å². The predicted octanol–water partition coefficient (Wildman–Crippen LogP) is 0.279. The Morgan fingerprint density at radius 3 is 2.81 bits per heavy atom. The van der Waals surface area contributed by atoms with Gasteiger partial charge in [0.1, 0.15) is 0 Å². The van der Waals surface area contributed by atoms with Gasteiger partial charge >= 0.3 is 5.97 Å². The molecule has 16 heavy (non-hydrogen) atoms. The van der Waals surface area contributed by atoms with Gasteiger partial charge in [-0.3, -0.25) is 9.59 Å². The average Bonchev–Trinajstić information content (AvgIpc) is 2.26. The second-order valence-corrected chi connectivity index (χ2v) is 4.05. The number of ether oxygens (including phenoxy) is 1. The fraction of sp³-hybridized carbons (Fsp3) is 0.818. The van der Waals surface area contributed by atoms with Crippen LogP contribution in [-0.2, 0) is 14.3 Å². The van der Waals surface area contributed by atoms with E-state index in [9.17, 15) is 9.59 Å². The molecular formula is C11H20N2O3. The average molecular weight is 228 g/mol. The SMILES string of the molecule is CCOC(=O)CCC(=O)N1CCCC(N)C1. The van der Waals surface area contributed by atoms with Crippen molar-refractivity contribution in [3.63, 3.8) is 0 Å². The molecule has 0 aromatic heterocycles. The monoisotopic (exact) mass is 228 g/mol. The molecule has 1 aliphatic heterocycles. The van der Waals surface area contributed by atoms with Crippen LogP contribution in [0.5, 0.6) is 0 Å². The van der Waals surface area contributed by atoms with Crippen molar-refractivity contribution >= 4 is 11.9 Å². The number of hydrogen-bond donors (Lipinski definition) is 1. The van der Waals surface area contributed by atoms with E-state index >= 15 is 0 Å². The molecule has 0 saturated carbocycles. The van der Waals surface area contributed by atoms with Gasteiger partial charge in [-0.15, -0.1) is 0 Å². The molecule has 1 atom stereocenters. The summed E-state index contributed by atoms with van der Waals surface area (Å²) in [5.74, 6) is -0.305. The molecule has 0 bridgehead atoms. The summed E-state index contributed by atoms with van der Waals surface area (Å²) in [7, 11) is 0. The Balaban J connectivity index is 2.26. The molecule has 1 heterocycles. The first-order valence-corrected chi connectivity index (χ1v) is 5.82. The highest BCUT2D eigenvalue weighted by atomic mass is 16.5. The number of piperidine rings is 1. The second kappa shape index (κ2) is 6.48. The standard InChI is InChI=1S/C11H20N2O3/c1-2-16-11(15)6-5-10(14)13-7-3-4-9(12)8-13/h9H,2-8,12H2,1H3. The molecular weight excluding hydrogens is 208 g/mol. The molecule has 1 aliphatic rings. The van der Waals surface area contributed by atoms with Gasteiger partial charge in [0.05, 0.1) is 13.0 Å². The molecule has 5 heteroatoms. The fourth-order valence-electron chi connectivity index (χ4n) is 1.84. The van der Waals surface area contributed by atoms with Crippen LogP contribution in [0.4, 0.5) is 0 Å². The molecule has 0 aromatic carbocycles. The summed E-state index contributed by atoms with van der Waals surface area (Å²) >= 11 is 0. The summed E-state index contributed by atoms with van der Waals surface area (Å²) in [6.45, 7) is 3.49. The first-order chi connectivity index (χ1) is 7.63. The van der Waals surface area contributed by atoms with E-state index in [0.717, 1.165) is 19.4 Å². The van der Waals surface area contributed by atoms with Crippen LogP contribution in [0.15, 0.2) is 0 Å². The zero-order chi connectivity index (χ0) is 12.0. The Bertz CT molecular complexity index is 256. The van der Waals surface area contributed by atoms with Gasteiger partial charge in [0.25, 0.3) is 0 Å². The van der Waals surface area contributed by atoms with Crippen LogP contribution in [0.1, 0.15) is 32.6 Å². The normalized spacial score (nSPS) is 20.6. The van der Waals surface area contributed by atoms with Crippen molar-refractivity contribution in [3.8, 4) is 0 Å². The summed E-state index contributed by atoms with van der Waals surface area (Å²) in [5.41, 5.74) is 5.78. The largest absolute Gasteiger partial charge is 0.466 e. The third-order valence-corrected chi connectivity index (χ3v) is 2.66. The Morgan fingerprint density at radius 1 is 1.44 bits per heavy atom. The minimum absolute atomic E-state index is 0.00297. The molecule has 1 rings (SSSR count). The number of carbonyl (C=O) groups is 2. The molecule has 0 aliphatic carbocycles. The van der Waals surface area contributed by atoms with Gasteiger partial charge in [-0.25, -0.2) is 0 Å². The zero-order valence-electron chi connectivity index (χ0n) is 9.78. The number of nitrogens with two attached hydrogens (primary N) is 1. The fourth-order valence-corrected chi connectivity index (χ4v) is 1.84. The van der Waals surface area contributed by atoms with Crippen LogP contribution in [0, 0.1) is 0 Å². The van der Waals surface area contributed by atoms with E-state index in [0.29, 0.717) is 13.2 Å². The molecule has 1 unspecified atom stereocenters. The highest BCUT2D eigenvalue weighted by Gasteiger charge is 2.21. The van der Waals surface area contributed by atoms with Crippen molar-refractivity contribution in [1.29, 1.82) is 0 Å². The first-order valence-electron chi connectivity index (χ1n) is 5.82. The molecule has 0 aromatic rings. The van der Waals surface area contributed by atoms with Gasteiger partial charge in [-0.2, -0.15) is 0 Å². The second-order valence-electron chi connectivity index (χ2n) is 4.05. The van der Waals surface area contributed by atoms with Crippen LogP contribution in [-0.4, -0.2) is 42.5 Å². The van der Waals surface area contributed by atoms with Gasteiger partial charge in [-0.05, 0) is 19.8 Å². The van der Waals surface area contributed by atoms with Crippen LogP contribution >= 0.6 is 0 Å². The van der Waals surface area contributed by atoms with Crippen molar-refractivity contribution in [3.05, 3.63) is 0 Å². The molecule has 2 N–H and O–H groups in total. The van der Waals surface area contributed by atoms with E-state index in [1.165, 1.54) is 0 Å². The van der Waals surface area contributed by atoms with Crippen LogP contribution < -0.4 is 5.73 Å².